The summed E-state index contributed by atoms with van der Waals surface area (Å²) in [6.45, 7) is 2.30. The molecule has 2 unspecified atom stereocenters. The van der Waals surface area contributed by atoms with Gasteiger partial charge < -0.3 is 15.5 Å². The van der Waals surface area contributed by atoms with Crippen LogP contribution < -0.4 is 15.5 Å². The smallest absolute Gasteiger partial charge is 0.249 e. The number of hydrogen-bond acceptors (Lipinski definition) is 3. The highest BCUT2D eigenvalue weighted by atomic mass is 35.5. The van der Waals surface area contributed by atoms with Crippen LogP contribution in [0.4, 0.5) is 5.69 Å². The van der Waals surface area contributed by atoms with Gasteiger partial charge >= 0.3 is 0 Å². The number of nitrogens with zero attached hydrogens (tertiary/aromatic N) is 1. The number of amides is 2. The van der Waals surface area contributed by atoms with Crippen LogP contribution in [0, 0.1) is 5.92 Å². The molecule has 0 bridgehead atoms. The Morgan fingerprint density at radius 1 is 1.25 bits per heavy atom. The molecule has 2 amide bonds. The second-order valence-electron chi connectivity index (χ2n) is 6.19. The minimum absolute atomic E-state index is 0. The van der Waals surface area contributed by atoms with Gasteiger partial charge in [0, 0.05) is 13.1 Å². The van der Waals surface area contributed by atoms with Crippen LogP contribution in [0.25, 0.3) is 0 Å². The zero-order valence-electron chi connectivity index (χ0n) is 13.5. The van der Waals surface area contributed by atoms with Crippen LogP contribution in [0.3, 0.4) is 0 Å². The van der Waals surface area contributed by atoms with Crippen molar-refractivity contribution in [1.82, 2.24) is 10.6 Å². The van der Waals surface area contributed by atoms with Crippen molar-refractivity contribution < 1.29 is 9.59 Å². The van der Waals surface area contributed by atoms with Gasteiger partial charge in [0.05, 0.1) is 16.6 Å². The first-order valence-corrected chi connectivity index (χ1v) is 8.61. The second kappa shape index (κ2) is 8.70. The largest absolute Gasteiger partial charge is 0.344 e. The van der Waals surface area contributed by atoms with E-state index < -0.39 is 6.04 Å². The minimum atomic E-state index is -0.450. The van der Waals surface area contributed by atoms with Gasteiger partial charge in [0.15, 0.2) is 0 Å². The van der Waals surface area contributed by atoms with Crippen molar-refractivity contribution >= 4 is 41.5 Å². The molecule has 0 aliphatic carbocycles. The molecule has 0 spiro atoms. The molecule has 3 rings (SSSR count). The summed E-state index contributed by atoms with van der Waals surface area (Å²) in [6, 6.07) is 6.88. The van der Waals surface area contributed by atoms with Gasteiger partial charge in [0.25, 0.3) is 0 Å². The molecule has 5 nitrogen and oxygen atoms in total. The predicted octanol–water partition coefficient (Wildman–Crippen LogP) is 2.37. The van der Waals surface area contributed by atoms with E-state index in [4.69, 9.17) is 11.6 Å². The number of piperidine rings is 2. The highest BCUT2D eigenvalue weighted by Gasteiger charge is 2.33. The van der Waals surface area contributed by atoms with E-state index in [1.807, 2.05) is 18.2 Å². The van der Waals surface area contributed by atoms with E-state index in [-0.39, 0.29) is 30.1 Å². The van der Waals surface area contributed by atoms with E-state index >= 15 is 0 Å². The summed E-state index contributed by atoms with van der Waals surface area (Å²) in [6.07, 6.45) is 3.42. The Kier molecular flexibility index (Phi) is 6.90. The van der Waals surface area contributed by atoms with Crippen LogP contribution in [0.15, 0.2) is 24.3 Å². The quantitative estimate of drug-likeness (QED) is 0.857. The summed E-state index contributed by atoms with van der Waals surface area (Å²) in [4.78, 5) is 26.8. The van der Waals surface area contributed by atoms with Gasteiger partial charge in [-0.25, -0.2) is 0 Å². The molecule has 2 aliphatic heterocycles. The standard InChI is InChI=1S/C17H22ClN3O2.ClH/c18-13-6-1-2-8-15(13)21-10-4-7-14(17(21)23)20-16(22)12-5-3-9-19-11-12;/h1-2,6,8,12,14,19H,3-5,7,9-11H2,(H,20,22);1H. The van der Waals surface area contributed by atoms with Crippen molar-refractivity contribution in [2.45, 2.75) is 31.7 Å². The number of rotatable bonds is 3. The average Bonchev–Trinajstić information content (AvgIpc) is 2.58. The van der Waals surface area contributed by atoms with Crippen LogP contribution >= 0.6 is 24.0 Å². The third-order valence-electron chi connectivity index (χ3n) is 4.57. The van der Waals surface area contributed by atoms with Crippen LogP contribution in [-0.2, 0) is 9.59 Å². The fourth-order valence-corrected chi connectivity index (χ4v) is 3.52. The van der Waals surface area contributed by atoms with Crippen LogP contribution in [0.2, 0.25) is 5.02 Å². The van der Waals surface area contributed by atoms with Crippen molar-refractivity contribution in [2.75, 3.05) is 24.5 Å². The normalized spacial score (nSPS) is 24.2. The Balaban J connectivity index is 0.00000208. The van der Waals surface area contributed by atoms with Gasteiger partial charge in [-0.05, 0) is 44.4 Å². The molecule has 2 saturated heterocycles. The summed E-state index contributed by atoms with van der Waals surface area (Å²) in [5.41, 5.74) is 0.720. The average molecular weight is 372 g/mol. The maximum atomic E-state index is 12.7. The molecule has 1 aromatic carbocycles. The highest BCUT2D eigenvalue weighted by molar-refractivity contribution is 6.33. The first-order chi connectivity index (χ1) is 11.2. The van der Waals surface area contributed by atoms with Gasteiger partial charge in [0.1, 0.15) is 6.04 Å². The molecule has 0 saturated carbocycles. The van der Waals surface area contributed by atoms with Crippen molar-refractivity contribution in [3.8, 4) is 0 Å². The lowest BCUT2D eigenvalue weighted by Gasteiger charge is -2.34. The van der Waals surface area contributed by atoms with E-state index in [0.29, 0.717) is 24.5 Å². The molecule has 24 heavy (non-hydrogen) atoms. The number of benzene rings is 1. The number of nitrogens with one attached hydrogen (secondary N) is 2. The molecule has 0 aromatic heterocycles. The zero-order chi connectivity index (χ0) is 16.2. The summed E-state index contributed by atoms with van der Waals surface area (Å²) in [5, 5.41) is 6.74. The lowest BCUT2D eigenvalue weighted by molar-refractivity contribution is -0.131. The fourth-order valence-electron chi connectivity index (χ4n) is 3.28. The Hall–Kier alpha value is -1.30. The number of halogens is 2. The van der Waals surface area contributed by atoms with E-state index in [0.717, 1.165) is 31.5 Å². The molecule has 2 atom stereocenters. The van der Waals surface area contributed by atoms with Gasteiger partial charge in [-0.2, -0.15) is 0 Å². The number of hydrogen-bond donors (Lipinski definition) is 2. The maximum Gasteiger partial charge on any atom is 0.249 e. The first kappa shape index (κ1) is 19.0. The topological polar surface area (TPSA) is 61.4 Å². The molecule has 1 aromatic rings. The fraction of sp³-hybridized carbons (Fsp3) is 0.529. The van der Waals surface area contributed by atoms with E-state index in [1.54, 1.807) is 11.0 Å². The Labute approximate surface area is 153 Å². The zero-order valence-corrected chi connectivity index (χ0v) is 15.0. The maximum absolute atomic E-state index is 12.7. The summed E-state index contributed by atoms with van der Waals surface area (Å²) < 4.78 is 0. The van der Waals surface area contributed by atoms with Crippen molar-refractivity contribution in [2.24, 2.45) is 5.92 Å². The first-order valence-electron chi connectivity index (χ1n) is 8.24. The number of para-hydroxylation sites is 1. The van der Waals surface area contributed by atoms with E-state index in [2.05, 4.69) is 10.6 Å². The molecule has 2 N–H and O–H groups in total. The van der Waals surface area contributed by atoms with Crippen LogP contribution in [0.1, 0.15) is 25.7 Å². The molecule has 2 fully saturated rings. The molecular formula is C17H23Cl2N3O2. The monoisotopic (exact) mass is 371 g/mol. The van der Waals surface area contributed by atoms with Gasteiger partial charge in [-0.1, -0.05) is 23.7 Å². The summed E-state index contributed by atoms with van der Waals surface area (Å²) in [5.74, 6) is -0.120. The molecular weight excluding hydrogens is 349 g/mol. The molecule has 0 radical (unpaired) electrons. The molecule has 2 heterocycles. The van der Waals surface area contributed by atoms with Crippen molar-refractivity contribution in [3.05, 3.63) is 29.3 Å². The highest BCUT2D eigenvalue weighted by Crippen LogP contribution is 2.28. The molecule has 132 valence electrons. The van der Waals surface area contributed by atoms with Gasteiger partial charge in [-0.3, -0.25) is 9.59 Å². The molecule has 7 heteroatoms. The van der Waals surface area contributed by atoms with Gasteiger partial charge in [-0.15, -0.1) is 12.4 Å². The van der Waals surface area contributed by atoms with Crippen molar-refractivity contribution in [3.63, 3.8) is 0 Å². The lowest BCUT2D eigenvalue weighted by atomic mass is 9.97. The molecule has 2 aliphatic rings. The third-order valence-corrected chi connectivity index (χ3v) is 4.89. The number of carbonyl (C=O) groups is 2. The minimum Gasteiger partial charge on any atom is -0.344 e. The third kappa shape index (κ3) is 4.21. The second-order valence-corrected chi connectivity index (χ2v) is 6.60. The van der Waals surface area contributed by atoms with Gasteiger partial charge in [0.2, 0.25) is 11.8 Å². The number of carbonyl (C=O) groups excluding carboxylic acids is 2. The van der Waals surface area contributed by atoms with Crippen molar-refractivity contribution in [1.29, 1.82) is 0 Å². The SMILES string of the molecule is Cl.O=C(NC1CCCN(c2ccccc2Cl)C1=O)C1CCCNC1. The summed E-state index contributed by atoms with van der Waals surface area (Å²) in [7, 11) is 0. The Bertz CT molecular complexity index is 591. The van der Waals surface area contributed by atoms with Crippen LogP contribution in [-0.4, -0.2) is 37.5 Å². The Morgan fingerprint density at radius 2 is 2.04 bits per heavy atom. The van der Waals surface area contributed by atoms with E-state index in [9.17, 15) is 9.59 Å². The van der Waals surface area contributed by atoms with Crippen LogP contribution in [0.5, 0.6) is 0 Å². The predicted molar refractivity (Wildman–Crippen MR) is 97.8 cm³/mol. The van der Waals surface area contributed by atoms with E-state index in [1.165, 1.54) is 0 Å². The lowest BCUT2D eigenvalue weighted by Crippen LogP contribution is -2.54. The summed E-state index contributed by atoms with van der Waals surface area (Å²) >= 11 is 6.21. The number of anilines is 1. The Morgan fingerprint density at radius 3 is 2.75 bits per heavy atom.